The summed E-state index contributed by atoms with van der Waals surface area (Å²) in [6.07, 6.45) is 5.13. The molecule has 0 heterocycles. The molecule has 0 saturated carbocycles. The Labute approximate surface area is 116 Å². The molecule has 4 N–H and O–H groups in total. The van der Waals surface area contributed by atoms with Gasteiger partial charge in [-0.25, -0.2) is 4.39 Å². The van der Waals surface area contributed by atoms with Crippen LogP contribution in [0.1, 0.15) is 11.1 Å². The van der Waals surface area contributed by atoms with E-state index in [9.17, 15) is 4.39 Å². The molecule has 1 rings (SSSR count). The van der Waals surface area contributed by atoms with Gasteiger partial charge in [0.1, 0.15) is 5.82 Å². The maximum Gasteiger partial charge on any atom is 0.170 e. The minimum Gasteiger partial charge on any atom is -0.409 e. The lowest BCUT2D eigenvalue weighted by atomic mass is 10.1. The third-order valence-electron chi connectivity index (χ3n) is 2.38. The van der Waals surface area contributed by atoms with E-state index in [2.05, 4.69) is 16.4 Å². The minimum absolute atomic E-state index is 0.107. The average molecular weight is 281 g/mol. The van der Waals surface area contributed by atoms with E-state index < -0.39 is 0 Å². The van der Waals surface area contributed by atoms with Crippen molar-refractivity contribution in [1.29, 1.82) is 0 Å². The van der Waals surface area contributed by atoms with Crippen LogP contribution in [0.3, 0.4) is 0 Å². The van der Waals surface area contributed by atoms with Crippen LogP contribution in [0.2, 0.25) is 0 Å². The smallest absolute Gasteiger partial charge is 0.170 e. The van der Waals surface area contributed by atoms with Crippen LogP contribution >= 0.6 is 11.8 Å². The Morgan fingerprint density at radius 2 is 2.37 bits per heavy atom. The number of terminal acetylenes is 1. The van der Waals surface area contributed by atoms with Crippen LogP contribution in [0.25, 0.3) is 0 Å². The number of hydrogen-bond acceptors (Lipinski definition) is 4. The molecule has 19 heavy (non-hydrogen) atoms. The summed E-state index contributed by atoms with van der Waals surface area (Å²) in [6.45, 7) is 1.19. The number of hydrogen-bond donors (Lipinski definition) is 3. The SMILES string of the molecule is C#CCSCCNCc1ccc(/C(N)=N\O)cc1F. The molecule has 0 radical (unpaired) electrons. The first-order valence-electron chi connectivity index (χ1n) is 5.67. The van der Waals surface area contributed by atoms with Crippen LogP contribution in [-0.2, 0) is 6.54 Å². The van der Waals surface area contributed by atoms with Crippen molar-refractivity contribution in [2.24, 2.45) is 10.9 Å². The van der Waals surface area contributed by atoms with Gasteiger partial charge in [0.15, 0.2) is 5.84 Å². The van der Waals surface area contributed by atoms with E-state index in [-0.39, 0.29) is 11.7 Å². The molecule has 0 unspecified atom stereocenters. The second-order valence-corrected chi connectivity index (χ2v) is 4.83. The van der Waals surface area contributed by atoms with E-state index in [0.29, 0.717) is 23.4 Å². The van der Waals surface area contributed by atoms with Crippen LogP contribution in [0.5, 0.6) is 0 Å². The number of rotatable bonds is 7. The molecule has 4 nitrogen and oxygen atoms in total. The van der Waals surface area contributed by atoms with Gasteiger partial charge in [-0.1, -0.05) is 23.2 Å². The molecule has 102 valence electrons. The topological polar surface area (TPSA) is 70.6 Å². The van der Waals surface area contributed by atoms with Gasteiger partial charge in [0.2, 0.25) is 0 Å². The van der Waals surface area contributed by atoms with Gasteiger partial charge < -0.3 is 16.3 Å². The number of oxime groups is 1. The van der Waals surface area contributed by atoms with Gasteiger partial charge in [0.25, 0.3) is 0 Å². The third kappa shape index (κ3) is 5.20. The van der Waals surface area contributed by atoms with E-state index in [1.807, 2.05) is 0 Å². The second kappa shape index (κ2) is 8.40. The summed E-state index contributed by atoms with van der Waals surface area (Å²) in [7, 11) is 0. The van der Waals surface area contributed by atoms with E-state index in [1.54, 1.807) is 23.9 Å². The van der Waals surface area contributed by atoms with Crippen LogP contribution in [-0.4, -0.2) is 29.1 Å². The summed E-state index contributed by atoms with van der Waals surface area (Å²) in [5.41, 5.74) is 6.27. The molecule has 0 aliphatic rings. The molecule has 0 aliphatic heterocycles. The van der Waals surface area contributed by atoms with Gasteiger partial charge in [-0.15, -0.1) is 18.2 Å². The number of nitrogens with one attached hydrogen (secondary N) is 1. The lowest BCUT2D eigenvalue weighted by Crippen LogP contribution is -2.18. The predicted molar refractivity (Wildman–Crippen MR) is 76.8 cm³/mol. The Bertz CT molecular complexity index is 485. The third-order valence-corrected chi connectivity index (χ3v) is 3.24. The number of thioether (sulfide) groups is 1. The average Bonchev–Trinajstić information content (AvgIpc) is 2.43. The van der Waals surface area contributed by atoms with Crippen molar-refractivity contribution in [3.63, 3.8) is 0 Å². The molecule has 0 spiro atoms. The molecule has 1 aromatic carbocycles. The van der Waals surface area contributed by atoms with Crippen molar-refractivity contribution in [2.45, 2.75) is 6.54 Å². The lowest BCUT2D eigenvalue weighted by Gasteiger charge is -2.07. The van der Waals surface area contributed by atoms with E-state index in [0.717, 1.165) is 12.3 Å². The summed E-state index contributed by atoms with van der Waals surface area (Å²) < 4.78 is 13.7. The Kier molecular flexibility index (Phi) is 6.79. The fourth-order valence-electron chi connectivity index (χ4n) is 1.41. The Hall–Kier alpha value is -1.71. The highest BCUT2D eigenvalue weighted by atomic mass is 32.2. The van der Waals surface area contributed by atoms with Crippen LogP contribution in [0.15, 0.2) is 23.4 Å². The summed E-state index contributed by atoms with van der Waals surface area (Å²) in [5.74, 6) is 3.62. The zero-order valence-corrected chi connectivity index (χ0v) is 11.2. The van der Waals surface area contributed by atoms with Gasteiger partial charge in [-0.2, -0.15) is 0 Å². The number of benzene rings is 1. The fraction of sp³-hybridized carbons (Fsp3) is 0.308. The number of nitrogens with two attached hydrogens (primary N) is 1. The molecule has 1 aromatic rings. The van der Waals surface area contributed by atoms with Gasteiger partial charge in [-0.3, -0.25) is 0 Å². The molecule has 0 saturated heterocycles. The number of halogens is 1. The maximum atomic E-state index is 13.7. The summed E-state index contributed by atoms with van der Waals surface area (Å²) in [5, 5.41) is 14.5. The van der Waals surface area contributed by atoms with Crippen molar-refractivity contribution in [2.75, 3.05) is 18.1 Å². The molecule has 0 bridgehead atoms. The standard InChI is InChI=1S/C13H16FN3OS/c1-2-6-19-7-5-16-9-11-4-3-10(8-12(11)14)13(15)17-18/h1,3-4,8,16,18H,5-7,9H2,(H2,15,17). The largest absolute Gasteiger partial charge is 0.409 e. The number of amidine groups is 1. The van der Waals surface area contributed by atoms with Crippen LogP contribution < -0.4 is 11.1 Å². The Morgan fingerprint density at radius 3 is 3.00 bits per heavy atom. The molecular weight excluding hydrogens is 265 g/mol. The van der Waals surface area contributed by atoms with Gasteiger partial charge in [-0.05, 0) is 6.07 Å². The minimum atomic E-state index is -0.382. The van der Waals surface area contributed by atoms with Crippen molar-refractivity contribution < 1.29 is 9.60 Å². The zero-order valence-electron chi connectivity index (χ0n) is 10.4. The van der Waals surface area contributed by atoms with Gasteiger partial charge in [0.05, 0.1) is 5.75 Å². The van der Waals surface area contributed by atoms with E-state index in [4.69, 9.17) is 17.4 Å². The summed E-state index contributed by atoms with van der Waals surface area (Å²) in [4.78, 5) is 0. The highest BCUT2D eigenvalue weighted by Crippen LogP contribution is 2.10. The lowest BCUT2D eigenvalue weighted by molar-refractivity contribution is 0.318. The molecule has 0 aliphatic carbocycles. The second-order valence-electron chi connectivity index (χ2n) is 3.72. The quantitative estimate of drug-likeness (QED) is 0.176. The molecule has 6 heteroatoms. The molecule has 0 atom stereocenters. The Morgan fingerprint density at radius 1 is 1.58 bits per heavy atom. The molecular formula is C13H16FN3OS. The van der Waals surface area contributed by atoms with Gasteiger partial charge in [0, 0.05) is 30.0 Å². The first-order valence-corrected chi connectivity index (χ1v) is 6.82. The Balaban J connectivity index is 2.45. The zero-order chi connectivity index (χ0) is 14.1. The van der Waals surface area contributed by atoms with Crippen molar-refractivity contribution in [3.8, 4) is 12.3 Å². The van der Waals surface area contributed by atoms with Crippen LogP contribution in [0.4, 0.5) is 4.39 Å². The predicted octanol–water partition coefficient (Wildman–Crippen LogP) is 1.38. The van der Waals surface area contributed by atoms with Gasteiger partial charge >= 0.3 is 0 Å². The fourth-order valence-corrected chi connectivity index (χ4v) is 1.96. The first-order chi connectivity index (χ1) is 9.19. The summed E-state index contributed by atoms with van der Waals surface area (Å²) >= 11 is 1.65. The van der Waals surface area contributed by atoms with Crippen LogP contribution in [0, 0.1) is 18.2 Å². The number of nitrogens with zero attached hydrogens (tertiary/aromatic N) is 1. The highest BCUT2D eigenvalue weighted by molar-refractivity contribution is 7.99. The summed E-state index contributed by atoms with van der Waals surface area (Å²) in [6, 6.07) is 4.48. The van der Waals surface area contributed by atoms with E-state index >= 15 is 0 Å². The van der Waals surface area contributed by atoms with Crippen molar-refractivity contribution >= 4 is 17.6 Å². The highest BCUT2D eigenvalue weighted by Gasteiger charge is 2.06. The molecule has 0 aromatic heterocycles. The normalized spacial score (nSPS) is 11.3. The van der Waals surface area contributed by atoms with Crippen molar-refractivity contribution in [3.05, 3.63) is 35.1 Å². The van der Waals surface area contributed by atoms with Crippen molar-refractivity contribution in [1.82, 2.24) is 5.32 Å². The molecule has 0 amide bonds. The maximum absolute atomic E-state index is 13.7. The molecule has 0 fully saturated rings. The first kappa shape index (κ1) is 15.3. The van der Waals surface area contributed by atoms with E-state index in [1.165, 1.54) is 6.07 Å². The monoisotopic (exact) mass is 281 g/mol.